The summed E-state index contributed by atoms with van der Waals surface area (Å²) in [6, 6.07) is 10.3. The number of nitrogens with one attached hydrogen (secondary N) is 2. The van der Waals surface area contributed by atoms with Gasteiger partial charge in [-0.3, -0.25) is 14.6 Å². The molecule has 2 aromatic carbocycles. The van der Waals surface area contributed by atoms with Gasteiger partial charge in [-0.1, -0.05) is 0 Å². The SMILES string of the molecule is C[C@@H]1CN(c2ccc3c(c2)OCO3)CCN1C(=O)C(=O)Nc1ccc2[nH]c(=O)oc2c1. The van der Waals surface area contributed by atoms with Gasteiger partial charge >= 0.3 is 17.6 Å². The van der Waals surface area contributed by atoms with Gasteiger partial charge in [0.05, 0.1) is 5.52 Å². The molecule has 10 heteroatoms. The van der Waals surface area contributed by atoms with Gasteiger partial charge in [-0.25, -0.2) is 4.79 Å². The molecule has 1 aromatic heterocycles. The first-order chi connectivity index (χ1) is 15.0. The Kier molecular flexibility index (Phi) is 4.54. The van der Waals surface area contributed by atoms with Crippen molar-refractivity contribution in [3.8, 4) is 11.5 Å². The Morgan fingerprint density at radius 2 is 1.94 bits per heavy atom. The van der Waals surface area contributed by atoms with Gasteiger partial charge in [0.15, 0.2) is 17.1 Å². The van der Waals surface area contributed by atoms with Gasteiger partial charge in [0.1, 0.15) is 0 Å². The highest BCUT2D eigenvalue weighted by Gasteiger charge is 2.32. The third kappa shape index (κ3) is 3.56. The number of aromatic nitrogens is 1. The van der Waals surface area contributed by atoms with E-state index < -0.39 is 17.6 Å². The number of piperazine rings is 1. The molecule has 0 saturated carbocycles. The minimum Gasteiger partial charge on any atom is -0.454 e. The van der Waals surface area contributed by atoms with Crippen molar-refractivity contribution in [1.82, 2.24) is 9.88 Å². The van der Waals surface area contributed by atoms with E-state index in [4.69, 9.17) is 13.9 Å². The number of fused-ring (bicyclic) bond motifs is 2. The molecule has 0 unspecified atom stereocenters. The summed E-state index contributed by atoms with van der Waals surface area (Å²) in [6.07, 6.45) is 0. The molecular weight excluding hydrogens is 404 g/mol. The number of nitrogens with zero attached hydrogens (tertiary/aromatic N) is 2. The molecule has 0 bridgehead atoms. The molecule has 1 fully saturated rings. The second-order valence-electron chi connectivity index (χ2n) is 7.51. The second kappa shape index (κ2) is 7.38. The van der Waals surface area contributed by atoms with Crippen molar-refractivity contribution in [1.29, 1.82) is 0 Å². The zero-order valence-electron chi connectivity index (χ0n) is 16.7. The topological polar surface area (TPSA) is 117 Å². The number of hydrogen-bond donors (Lipinski definition) is 2. The van der Waals surface area contributed by atoms with Gasteiger partial charge in [0, 0.05) is 49.2 Å². The van der Waals surface area contributed by atoms with Crippen LogP contribution in [0.4, 0.5) is 11.4 Å². The third-order valence-corrected chi connectivity index (χ3v) is 5.48. The highest BCUT2D eigenvalue weighted by atomic mass is 16.7. The molecule has 1 atom stereocenters. The number of H-pyrrole nitrogens is 1. The number of amides is 2. The number of oxazole rings is 1. The Bertz CT molecular complexity index is 1230. The Morgan fingerprint density at radius 3 is 2.77 bits per heavy atom. The number of benzene rings is 2. The number of carbonyl (C=O) groups excluding carboxylic acids is 2. The van der Waals surface area contributed by atoms with E-state index in [2.05, 4.69) is 15.2 Å². The predicted octanol–water partition coefficient (Wildman–Crippen LogP) is 1.53. The van der Waals surface area contributed by atoms with Crippen molar-refractivity contribution in [2.24, 2.45) is 0 Å². The Balaban J connectivity index is 1.24. The maximum Gasteiger partial charge on any atom is 0.417 e. The van der Waals surface area contributed by atoms with E-state index in [9.17, 15) is 14.4 Å². The third-order valence-electron chi connectivity index (χ3n) is 5.48. The van der Waals surface area contributed by atoms with Crippen LogP contribution in [0.1, 0.15) is 6.92 Å². The molecule has 2 aliphatic rings. The predicted molar refractivity (Wildman–Crippen MR) is 111 cm³/mol. The Labute approximate surface area is 176 Å². The molecule has 3 heterocycles. The second-order valence-corrected chi connectivity index (χ2v) is 7.51. The summed E-state index contributed by atoms with van der Waals surface area (Å²) in [7, 11) is 0. The van der Waals surface area contributed by atoms with Crippen molar-refractivity contribution >= 4 is 34.3 Å². The monoisotopic (exact) mass is 424 g/mol. The molecule has 2 N–H and O–H groups in total. The molecule has 2 aliphatic heterocycles. The van der Waals surface area contributed by atoms with Crippen LogP contribution >= 0.6 is 0 Å². The van der Waals surface area contributed by atoms with Crippen molar-refractivity contribution in [2.75, 3.05) is 36.6 Å². The molecule has 0 spiro atoms. The van der Waals surface area contributed by atoms with Gasteiger partial charge in [-0.15, -0.1) is 0 Å². The molecule has 3 aromatic rings. The van der Waals surface area contributed by atoms with Crippen LogP contribution in [0.2, 0.25) is 0 Å². The molecule has 10 nitrogen and oxygen atoms in total. The largest absolute Gasteiger partial charge is 0.454 e. The van der Waals surface area contributed by atoms with E-state index in [1.807, 2.05) is 25.1 Å². The lowest BCUT2D eigenvalue weighted by molar-refractivity contribution is -0.144. The van der Waals surface area contributed by atoms with Crippen molar-refractivity contribution in [3.05, 3.63) is 46.9 Å². The number of ether oxygens (including phenoxy) is 2. The highest BCUT2D eigenvalue weighted by molar-refractivity contribution is 6.39. The smallest absolute Gasteiger partial charge is 0.417 e. The minimum atomic E-state index is -0.736. The summed E-state index contributed by atoms with van der Waals surface area (Å²) in [4.78, 5) is 42.8. The fourth-order valence-electron chi connectivity index (χ4n) is 3.91. The van der Waals surface area contributed by atoms with Gasteiger partial charge in [0.2, 0.25) is 6.79 Å². The zero-order chi connectivity index (χ0) is 21.5. The molecule has 0 radical (unpaired) electrons. The van der Waals surface area contributed by atoms with Crippen LogP contribution in [0.15, 0.2) is 45.6 Å². The summed E-state index contributed by atoms with van der Waals surface area (Å²) in [5.74, 6) is -0.490. The maximum atomic E-state index is 12.8. The molecule has 160 valence electrons. The fourth-order valence-corrected chi connectivity index (χ4v) is 3.91. The summed E-state index contributed by atoms with van der Waals surface area (Å²) in [6.45, 7) is 3.71. The molecular formula is C21H20N4O6. The number of rotatable bonds is 2. The lowest BCUT2D eigenvalue weighted by atomic mass is 10.1. The van der Waals surface area contributed by atoms with Crippen LogP contribution in [-0.4, -0.2) is 54.2 Å². The zero-order valence-corrected chi connectivity index (χ0v) is 16.7. The summed E-state index contributed by atoms with van der Waals surface area (Å²) < 4.78 is 15.8. The van der Waals surface area contributed by atoms with Crippen molar-refractivity contribution < 1.29 is 23.5 Å². The van der Waals surface area contributed by atoms with Crippen LogP contribution in [0, 0.1) is 0 Å². The van der Waals surface area contributed by atoms with Crippen molar-refractivity contribution in [3.63, 3.8) is 0 Å². The summed E-state index contributed by atoms with van der Waals surface area (Å²) >= 11 is 0. The normalized spacial score (nSPS) is 17.8. The molecule has 2 amide bonds. The van der Waals surface area contributed by atoms with Crippen LogP contribution in [0.3, 0.4) is 0 Å². The van der Waals surface area contributed by atoms with Crippen LogP contribution in [0.25, 0.3) is 11.1 Å². The van der Waals surface area contributed by atoms with Crippen LogP contribution in [-0.2, 0) is 9.59 Å². The first-order valence-electron chi connectivity index (χ1n) is 9.87. The molecule has 1 saturated heterocycles. The number of carbonyl (C=O) groups is 2. The standard InChI is InChI=1S/C21H20N4O6/c1-12-10-24(14-3-5-16-18(9-14)30-11-29-16)6-7-25(12)20(27)19(26)22-13-2-4-15-17(8-13)31-21(28)23-15/h2-5,8-9,12H,6-7,10-11H2,1H3,(H,22,26)(H,23,28)/t12-/m1/s1. The quantitative estimate of drug-likeness (QED) is 0.599. The number of hydrogen-bond acceptors (Lipinski definition) is 7. The van der Waals surface area contributed by atoms with E-state index in [0.29, 0.717) is 42.2 Å². The number of aromatic amines is 1. The van der Waals surface area contributed by atoms with Crippen molar-refractivity contribution in [2.45, 2.75) is 13.0 Å². The maximum absolute atomic E-state index is 12.8. The Hall–Kier alpha value is -3.95. The van der Waals surface area contributed by atoms with E-state index in [1.54, 1.807) is 17.0 Å². The minimum absolute atomic E-state index is 0.164. The Morgan fingerprint density at radius 1 is 1.10 bits per heavy atom. The van der Waals surface area contributed by atoms with E-state index >= 15 is 0 Å². The summed E-state index contributed by atoms with van der Waals surface area (Å²) in [5, 5.41) is 2.58. The summed E-state index contributed by atoms with van der Waals surface area (Å²) in [5.41, 5.74) is 2.18. The average Bonchev–Trinajstić information content (AvgIpc) is 3.37. The van der Waals surface area contributed by atoms with E-state index in [-0.39, 0.29) is 12.8 Å². The van der Waals surface area contributed by atoms with Gasteiger partial charge in [0.25, 0.3) is 0 Å². The average molecular weight is 424 g/mol. The lowest BCUT2D eigenvalue weighted by Crippen LogP contribution is -2.56. The van der Waals surface area contributed by atoms with Crippen LogP contribution in [0.5, 0.6) is 11.5 Å². The van der Waals surface area contributed by atoms with E-state index in [1.165, 1.54) is 6.07 Å². The molecule has 31 heavy (non-hydrogen) atoms. The van der Waals surface area contributed by atoms with Gasteiger partial charge < -0.3 is 29.0 Å². The lowest BCUT2D eigenvalue weighted by Gasteiger charge is -2.40. The first kappa shape index (κ1) is 19.0. The fraction of sp³-hybridized carbons (Fsp3) is 0.286. The molecule has 0 aliphatic carbocycles. The van der Waals surface area contributed by atoms with Gasteiger partial charge in [-0.05, 0) is 31.2 Å². The highest BCUT2D eigenvalue weighted by Crippen LogP contribution is 2.36. The molecule has 5 rings (SSSR count). The number of anilines is 2. The van der Waals surface area contributed by atoms with Crippen LogP contribution < -0.4 is 25.4 Å². The van der Waals surface area contributed by atoms with Gasteiger partial charge in [-0.2, -0.15) is 0 Å². The first-order valence-corrected chi connectivity index (χ1v) is 9.87. The van der Waals surface area contributed by atoms with E-state index in [0.717, 1.165) is 11.4 Å².